The molecule has 0 amide bonds. The summed E-state index contributed by atoms with van der Waals surface area (Å²) < 4.78 is 7.87. The van der Waals surface area contributed by atoms with E-state index in [1.807, 2.05) is 38.3 Å². The summed E-state index contributed by atoms with van der Waals surface area (Å²) in [6.07, 6.45) is 9.28. The summed E-state index contributed by atoms with van der Waals surface area (Å²) in [6.45, 7) is 5.46. The average molecular weight is 429 g/mol. The van der Waals surface area contributed by atoms with Crippen molar-refractivity contribution in [1.29, 1.82) is 0 Å². The van der Waals surface area contributed by atoms with Crippen LogP contribution in [0.3, 0.4) is 0 Å². The molecule has 2 aromatic heterocycles. The molecule has 2 aromatic rings. The van der Waals surface area contributed by atoms with Crippen LogP contribution in [0.1, 0.15) is 51.0 Å². The van der Waals surface area contributed by atoms with Crippen LogP contribution in [0, 0.1) is 5.92 Å². The minimum absolute atomic E-state index is 0.0796. The first-order valence-corrected chi connectivity index (χ1v) is 11.6. The Hall–Kier alpha value is -2.25. The standard InChI is InChI=1S/C22H24N2O3S2/c1-13(2)27-21(26)18-14(3)23-22-24(19(18)16-10-7-11-28-16)20(25)17(29-22)12-15-8-5-4-6-9-15/h4-5,7,10-13,15,19H,6,8-9H2,1-3H3. The number of rotatable bonds is 4. The number of hydrogen-bond donors (Lipinski definition) is 0. The first-order valence-electron chi connectivity index (χ1n) is 9.87. The van der Waals surface area contributed by atoms with Crippen molar-refractivity contribution >= 4 is 34.7 Å². The molecular weight excluding hydrogens is 404 g/mol. The summed E-state index contributed by atoms with van der Waals surface area (Å²) in [6, 6.07) is 3.40. The van der Waals surface area contributed by atoms with Gasteiger partial charge in [0.05, 0.1) is 21.9 Å². The molecule has 1 aliphatic heterocycles. The quantitative estimate of drug-likeness (QED) is 0.553. The highest BCUT2D eigenvalue weighted by atomic mass is 32.1. The van der Waals surface area contributed by atoms with Crippen LogP contribution in [0.4, 0.5) is 0 Å². The molecule has 152 valence electrons. The Bertz CT molecular complexity index is 1150. The number of ether oxygens (including phenoxy) is 1. The molecule has 5 nitrogen and oxygen atoms in total. The molecule has 0 N–H and O–H groups in total. The Labute approximate surface area is 177 Å². The Kier molecular flexibility index (Phi) is 5.69. The number of thiophene rings is 1. The van der Waals surface area contributed by atoms with Gasteiger partial charge in [0.1, 0.15) is 6.04 Å². The predicted octanol–water partition coefficient (Wildman–Crippen LogP) is 3.56. The van der Waals surface area contributed by atoms with Crippen LogP contribution in [-0.4, -0.2) is 16.6 Å². The van der Waals surface area contributed by atoms with Crippen molar-refractivity contribution < 1.29 is 9.53 Å². The van der Waals surface area contributed by atoms with Gasteiger partial charge in [-0.15, -0.1) is 11.3 Å². The second-order valence-electron chi connectivity index (χ2n) is 7.62. The third kappa shape index (κ3) is 3.94. The number of thiazole rings is 1. The van der Waals surface area contributed by atoms with E-state index in [2.05, 4.69) is 23.2 Å². The Morgan fingerprint density at radius 2 is 2.21 bits per heavy atom. The maximum Gasteiger partial charge on any atom is 0.338 e. The summed E-state index contributed by atoms with van der Waals surface area (Å²) >= 11 is 2.94. The lowest BCUT2D eigenvalue weighted by Gasteiger charge is -2.24. The lowest BCUT2D eigenvalue weighted by atomic mass is 9.94. The van der Waals surface area contributed by atoms with E-state index in [0.717, 1.165) is 24.1 Å². The van der Waals surface area contributed by atoms with Gasteiger partial charge < -0.3 is 4.74 Å². The molecule has 0 spiro atoms. The largest absolute Gasteiger partial charge is 0.459 e. The van der Waals surface area contributed by atoms with Crippen LogP contribution in [0.15, 0.2) is 50.7 Å². The molecule has 0 fully saturated rings. The van der Waals surface area contributed by atoms with Gasteiger partial charge in [0.25, 0.3) is 5.56 Å². The zero-order chi connectivity index (χ0) is 20.5. The molecule has 0 bridgehead atoms. The zero-order valence-electron chi connectivity index (χ0n) is 16.8. The third-order valence-corrected chi connectivity index (χ3v) is 7.02. The number of allylic oxidation sites excluding steroid dienone is 3. The summed E-state index contributed by atoms with van der Waals surface area (Å²) in [5.74, 6) is -0.0422. The molecule has 2 aliphatic rings. The average Bonchev–Trinajstić information content (AvgIpc) is 3.30. The van der Waals surface area contributed by atoms with Crippen molar-refractivity contribution in [3.8, 4) is 0 Å². The number of aromatic nitrogens is 1. The van der Waals surface area contributed by atoms with E-state index in [1.165, 1.54) is 22.7 Å². The van der Waals surface area contributed by atoms with E-state index in [0.29, 0.717) is 26.5 Å². The second kappa shape index (κ2) is 8.24. The third-order valence-electron chi connectivity index (χ3n) is 5.09. The van der Waals surface area contributed by atoms with Gasteiger partial charge in [-0.05, 0) is 57.4 Å². The fraction of sp³-hybridized carbons (Fsp3) is 0.409. The van der Waals surface area contributed by atoms with Crippen molar-refractivity contribution in [2.45, 2.75) is 52.2 Å². The smallest absolute Gasteiger partial charge is 0.338 e. The van der Waals surface area contributed by atoms with Crippen LogP contribution in [0.25, 0.3) is 6.08 Å². The number of hydrogen-bond acceptors (Lipinski definition) is 6. The number of fused-ring (bicyclic) bond motifs is 1. The molecule has 0 radical (unpaired) electrons. The van der Waals surface area contributed by atoms with E-state index in [1.54, 1.807) is 4.57 Å². The van der Waals surface area contributed by atoms with Crippen molar-refractivity contribution in [3.05, 3.63) is 65.5 Å². The van der Waals surface area contributed by atoms with Gasteiger partial charge in [-0.2, -0.15) is 0 Å². The van der Waals surface area contributed by atoms with Crippen molar-refractivity contribution in [2.75, 3.05) is 0 Å². The molecule has 2 atom stereocenters. The van der Waals surface area contributed by atoms with E-state index >= 15 is 0 Å². The maximum absolute atomic E-state index is 13.4. The van der Waals surface area contributed by atoms with Gasteiger partial charge in [-0.25, -0.2) is 9.79 Å². The summed E-state index contributed by atoms with van der Waals surface area (Å²) in [4.78, 5) is 32.5. The Morgan fingerprint density at radius 1 is 1.38 bits per heavy atom. The molecule has 29 heavy (non-hydrogen) atoms. The fourth-order valence-corrected chi connectivity index (χ4v) is 5.71. The monoisotopic (exact) mass is 428 g/mol. The van der Waals surface area contributed by atoms with Crippen LogP contribution in [0.2, 0.25) is 0 Å². The molecule has 2 unspecified atom stereocenters. The van der Waals surface area contributed by atoms with Gasteiger partial charge in [-0.3, -0.25) is 9.36 Å². The van der Waals surface area contributed by atoms with Gasteiger partial charge in [0, 0.05) is 4.88 Å². The lowest BCUT2D eigenvalue weighted by Crippen LogP contribution is -2.40. The summed E-state index contributed by atoms with van der Waals surface area (Å²) in [5.41, 5.74) is 0.979. The Balaban J connectivity index is 1.87. The number of esters is 1. The van der Waals surface area contributed by atoms with Crippen LogP contribution in [0.5, 0.6) is 0 Å². The number of nitrogens with zero attached hydrogens (tertiary/aromatic N) is 2. The number of carbonyl (C=O) groups is 1. The van der Waals surface area contributed by atoms with Crippen LogP contribution >= 0.6 is 22.7 Å². The fourth-order valence-electron chi connectivity index (χ4n) is 3.77. The summed E-state index contributed by atoms with van der Waals surface area (Å²) in [7, 11) is 0. The number of carbonyl (C=O) groups excluding carboxylic acids is 1. The van der Waals surface area contributed by atoms with E-state index in [9.17, 15) is 9.59 Å². The highest BCUT2D eigenvalue weighted by Crippen LogP contribution is 2.33. The van der Waals surface area contributed by atoms with Crippen molar-refractivity contribution in [2.24, 2.45) is 10.9 Å². The predicted molar refractivity (Wildman–Crippen MR) is 117 cm³/mol. The van der Waals surface area contributed by atoms with E-state index in [4.69, 9.17) is 4.74 Å². The van der Waals surface area contributed by atoms with Crippen molar-refractivity contribution in [1.82, 2.24) is 4.57 Å². The van der Waals surface area contributed by atoms with Gasteiger partial charge >= 0.3 is 5.97 Å². The van der Waals surface area contributed by atoms with Crippen molar-refractivity contribution in [3.63, 3.8) is 0 Å². The van der Waals surface area contributed by atoms with Gasteiger partial charge in [0.2, 0.25) is 0 Å². The molecule has 1 aliphatic carbocycles. The molecule has 0 saturated heterocycles. The molecular formula is C22H24N2O3S2. The zero-order valence-corrected chi connectivity index (χ0v) is 18.4. The second-order valence-corrected chi connectivity index (χ2v) is 9.61. The molecule has 7 heteroatoms. The SMILES string of the molecule is CC1=C(C(=O)OC(C)C)C(c2cccs2)n2c(sc(=CC3CC=CCC3)c2=O)=N1. The minimum atomic E-state index is -0.495. The lowest BCUT2D eigenvalue weighted by molar-refractivity contribution is -0.143. The van der Waals surface area contributed by atoms with Crippen LogP contribution < -0.4 is 14.9 Å². The highest BCUT2D eigenvalue weighted by Gasteiger charge is 2.34. The highest BCUT2D eigenvalue weighted by molar-refractivity contribution is 7.10. The normalized spacial score (nSPS) is 22.0. The first-order chi connectivity index (χ1) is 14.0. The van der Waals surface area contributed by atoms with E-state index < -0.39 is 12.0 Å². The molecule has 0 saturated carbocycles. The van der Waals surface area contributed by atoms with Gasteiger partial charge in [0.15, 0.2) is 4.80 Å². The molecule has 0 aromatic carbocycles. The van der Waals surface area contributed by atoms with Gasteiger partial charge in [-0.1, -0.05) is 35.6 Å². The maximum atomic E-state index is 13.4. The first kappa shape index (κ1) is 20.0. The van der Waals surface area contributed by atoms with E-state index in [-0.39, 0.29) is 11.7 Å². The molecule has 3 heterocycles. The van der Waals surface area contributed by atoms with Crippen LogP contribution in [-0.2, 0) is 9.53 Å². The minimum Gasteiger partial charge on any atom is -0.459 e. The summed E-state index contributed by atoms with van der Waals surface area (Å²) in [5, 5.41) is 1.96. The topological polar surface area (TPSA) is 60.7 Å². The Morgan fingerprint density at radius 3 is 2.86 bits per heavy atom. The molecule has 4 rings (SSSR count).